The van der Waals surface area contributed by atoms with Crippen LogP contribution in [-0.4, -0.2) is 44.0 Å². The second kappa shape index (κ2) is 6.65. The summed E-state index contributed by atoms with van der Waals surface area (Å²) in [6, 6.07) is -0.160. The maximum absolute atomic E-state index is 12.2. The van der Waals surface area contributed by atoms with E-state index in [1.807, 2.05) is 6.92 Å². The zero-order chi connectivity index (χ0) is 14.6. The third-order valence-electron chi connectivity index (χ3n) is 2.80. The lowest BCUT2D eigenvalue weighted by atomic mass is 10.3. The van der Waals surface area contributed by atoms with Crippen LogP contribution in [0.5, 0.6) is 0 Å². The first-order valence-electron chi connectivity index (χ1n) is 6.27. The molecule has 0 aromatic carbocycles. The van der Waals surface area contributed by atoms with Gasteiger partial charge in [-0.05, 0) is 26.9 Å². The summed E-state index contributed by atoms with van der Waals surface area (Å²) in [5, 5.41) is 0.272. The first kappa shape index (κ1) is 16.4. The fourth-order valence-corrected chi connectivity index (χ4v) is 4.43. The lowest BCUT2D eigenvalue weighted by Crippen LogP contribution is -2.41. The number of likely N-dealkylation sites (N-methyl/N-ethyl adjacent to an activating group) is 1. The highest BCUT2D eigenvalue weighted by molar-refractivity contribution is 7.91. The number of aryl methyl sites for hydroxylation is 1. The third-order valence-corrected chi connectivity index (χ3v) is 5.98. The standard InChI is InChI=1S/C11H22N4O2S2/c1-5-15(6-2)7-8(3)14-19(16,17)10-9(4)13-11(12)18-10/h8,14H,5-7H2,1-4H3,(H2,12,13). The largest absolute Gasteiger partial charge is 0.375 e. The lowest BCUT2D eigenvalue weighted by Gasteiger charge is -2.23. The number of nitrogens with two attached hydrogens (primary N) is 1. The van der Waals surface area contributed by atoms with Gasteiger partial charge in [-0.2, -0.15) is 0 Å². The highest BCUT2D eigenvalue weighted by Gasteiger charge is 2.23. The summed E-state index contributed by atoms with van der Waals surface area (Å²) in [4.78, 5) is 6.11. The van der Waals surface area contributed by atoms with E-state index in [9.17, 15) is 8.42 Å². The molecule has 1 rings (SSSR count). The van der Waals surface area contributed by atoms with E-state index in [4.69, 9.17) is 5.73 Å². The Labute approximate surface area is 119 Å². The molecule has 1 aromatic rings. The van der Waals surface area contributed by atoms with E-state index < -0.39 is 10.0 Å². The van der Waals surface area contributed by atoms with Crippen molar-refractivity contribution >= 4 is 26.5 Å². The Morgan fingerprint density at radius 3 is 2.42 bits per heavy atom. The first-order chi connectivity index (χ1) is 8.80. The number of rotatable bonds is 7. The van der Waals surface area contributed by atoms with Crippen molar-refractivity contribution in [1.82, 2.24) is 14.6 Å². The summed E-state index contributed by atoms with van der Waals surface area (Å²) in [6.07, 6.45) is 0. The van der Waals surface area contributed by atoms with Crippen LogP contribution in [0.2, 0.25) is 0 Å². The van der Waals surface area contributed by atoms with Gasteiger partial charge in [0.05, 0.1) is 5.69 Å². The molecule has 1 aromatic heterocycles. The van der Waals surface area contributed by atoms with Gasteiger partial charge in [-0.3, -0.25) is 0 Å². The van der Waals surface area contributed by atoms with Gasteiger partial charge in [-0.1, -0.05) is 25.2 Å². The van der Waals surface area contributed by atoms with E-state index >= 15 is 0 Å². The summed E-state index contributed by atoms with van der Waals surface area (Å²) in [6.45, 7) is 10.1. The van der Waals surface area contributed by atoms with Crippen molar-refractivity contribution < 1.29 is 8.42 Å². The zero-order valence-corrected chi connectivity index (χ0v) is 13.4. The van der Waals surface area contributed by atoms with Crippen LogP contribution < -0.4 is 10.5 Å². The van der Waals surface area contributed by atoms with Gasteiger partial charge in [0, 0.05) is 12.6 Å². The molecule has 19 heavy (non-hydrogen) atoms. The molecule has 6 nitrogen and oxygen atoms in total. The number of nitrogens with zero attached hydrogens (tertiary/aromatic N) is 2. The maximum Gasteiger partial charge on any atom is 0.252 e. The van der Waals surface area contributed by atoms with Crippen LogP contribution in [0.4, 0.5) is 5.13 Å². The zero-order valence-electron chi connectivity index (χ0n) is 11.8. The molecule has 0 aliphatic heterocycles. The molecule has 1 unspecified atom stereocenters. The molecule has 0 aliphatic rings. The molecular weight excluding hydrogens is 284 g/mol. The van der Waals surface area contributed by atoms with Gasteiger partial charge in [-0.25, -0.2) is 18.1 Å². The van der Waals surface area contributed by atoms with Crippen LogP contribution >= 0.6 is 11.3 Å². The van der Waals surface area contributed by atoms with E-state index in [0.29, 0.717) is 12.2 Å². The Balaban J connectivity index is 2.77. The molecule has 8 heteroatoms. The van der Waals surface area contributed by atoms with Crippen LogP contribution in [0.1, 0.15) is 26.5 Å². The van der Waals surface area contributed by atoms with Crippen LogP contribution in [0.25, 0.3) is 0 Å². The SMILES string of the molecule is CCN(CC)CC(C)NS(=O)(=O)c1sc(N)nc1C. The number of nitrogens with one attached hydrogen (secondary N) is 1. The minimum atomic E-state index is -3.53. The topological polar surface area (TPSA) is 88.3 Å². The number of hydrogen-bond acceptors (Lipinski definition) is 6. The minimum absolute atomic E-state index is 0.160. The Kier molecular flexibility index (Phi) is 5.72. The predicted molar refractivity (Wildman–Crippen MR) is 78.8 cm³/mol. The number of aromatic nitrogens is 1. The Bertz CT molecular complexity index is 509. The van der Waals surface area contributed by atoms with Gasteiger partial charge in [0.25, 0.3) is 10.0 Å². The number of hydrogen-bond donors (Lipinski definition) is 2. The van der Waals surface area contributed by atoms with Crippen molar-refractivity contribution in [1.29, 1.82) is 0 Å². The monoisotopic (exact) mass is 306 g/mol. The quantitative estimate of drug-likeness (QED) is 0.786. The molecule has 0 aliphatic carbocycles. The van der Waals surface area contributed by atoms with Crippen molar-refractivity contribution in [2.75, 3.05) is 25.4 Å². The Morgan fingerprint density at radius 1 is 1.42 bits per heavy atom. The van der Waals surface area contributed by atoms with Gasteiger partial charge < -0.3 is 10.6 Å². The summed E-state index contributed by atoms with van der Waals surface area (Å²) in [5.41, 5.74) is 5.99. The van der Waals surface area contributed by atoms with Crippen LogP contribution in [-0.2, 0) is 10.0 Å². The van der Waals surface area contributed by atoms with E-state index in [1.165, 1.54) is 0 Å². The van der Waals surface area contributed by atoms with E-state index in [1.54, 1.807) is 6.92 Å². The van der Waals surface area contributed by atoms with E-state index in [2.05, 4.69) is 28.5 Å². The van der Waals surface area contributed by atoms with Crippen molar-refractivity contribution in [3.05, 3.63) is 5.69 Å². The average Bonchev–Trinajstić information content (AvgIpc) is 2.65. The number of nitrogen functional groups attached to an aromatic ring is 1. The van der Waals surface area contributed by atoms with Crippen LogP contribution in [0.15, 0.2) is 4.21 Å². The molecule has 0 radical (unpaired) electrons. The average molecular weight is 306 g/mol. The van der Waals surface area contributed by atoms with Crippen molar-refractivity contribution in [2.24, 2.45) is 0 Å². The molecule has 3 N–H and O–H groups in total. The second-order valence-corrected chi connectivity index (χ2v) is 7.37. The van der Waals surface area contributed by atoms with Crippen molar-refractivity contribution in [2.45, 2.75) is 37.9 Å². The molecule has 110 valence electrons. The number of anilines is 1. The lowest BCUT2D eigenvalue weighted by molar-refractivity contribution is 0.282. The van der Waals surface area contributed by atoms with E-state index in [-0.39, 0.29) is 15.4 Å². The maximum atomic E-state index is 12.2. The normalized spacial score (nSPS) is 13.9. The predicted octanol–water partition coefficient (Wildman–Crippen LogP) is 1.04. The van der Waals surface area contributed by atoms with Gasteiger partial charge in [0.15, 0.2) is 9.34 Å². The molecule has 1 atom stereocenters. The third kappa shape index (κ3) is 4.41. The number of thiazole rings is 1. The molecule has 0 spiro atoms. The Hall–Kier alpha value is -0.700. The smallest absolute Gasteiger partial charge is 0.252 e. The van der Waals surface area contributed by atoms with Gasteiger partial charge in [-0.15, -0.1) is 0 Å². The van der Waals surface area contributed by atoms with Gasteiger partial charge in [0.1, 0.15) is 0 Å². The summed E-state index contributed by atoms with van der Waals surface area (Å²) in [7, 11) is -3.53. The van der Waals surface area contributed by atoms with Gasteiger partial charge in [0.2, 0.25) is 0 Å². The summed E-state index contributed by atoms with van der Waals surface area (Å²) < 4.78 is 27.3. The fraction of sp³-hybridized carbons (Fsp3) is 0.727. The van der Waals surface area contributed by atoms with Crippen LogP contribution in [0, 0.1) is 6.92 Å². The molecule has 0 fully saturated rings. The van der Waals surface area contributed by atoms with Crippen molar-refractivity contribution in [3.8, 4) is 0 Å². The first-order valence-corrected chi connectivity index (χ1v) is 8.57. The number of sulfonamides is 1. The Morgan fingerprint density at radius 2 is 2.00 bits per heavy atom. The highest BCUT2D eigenvalue weighted by atomic mass is 32.2. The fourth-order valence-electron chi connectivity index (χ4n) is 1.88. The van der Waals surface area contributed by atoms with Crippen LogP contribution in [0.3, 0.4) is 0 Å². The molecule has 1 heterocycles. The summed E-state index contributed by atoms with van der Waals surface area (Å²) in [5.74, 6) is 0. The summed E-state index contributed by atoms with van der Waals surface area (Å²) >= 11 is 0.996. The molecular formula is C11H22N4O2S2. The second-order valence-electron chi connectivity index (χ2n) is 4.43. The highest BCUT2D eigenvalue weighted by Crippen LogP contribution is 2.24. The molecule has 0 amide bonds. The molecule has 0 saturated heterocycles. The minimum Gasteiger partial charge on any atom is -0.375 e. The molecule has 0 bridgehead atoms. The molecule has 0 saturated carbocycles. The van der Waals surface area contributed by atoms with Gasteiger partial charge >= 0.3 is 0 Å². The van der Waals surface area contributed by atoms with Crippen molar-refractivity contribution in [3.63, 3.8) is 0 Å². The van der Waals surface area contributed by atoms with E-state index in [0.717, 1.165) is 24.4 Å².